The van der Waals surface area contributed by atoms with Crippen molar-refractivity contribution in [1.29, 1.82) is 0 Å². The van der Waals surface area contributed by atoms with Crippen LogP contribution in [0.1, 0.15) is 5.56 Å². The van der Waals surface area contributed by atoms with Gasteiger partial charge in [-0.1, -0.05) is 17.7 Å². The first-order valence-corrected chi connectivity index (χ1v) is 6.41. The van der Waals surface area contributed by atoms with Gasteiger partial charge in [0.1, 0.15) is 18.2 Å². The number of aryl methyl sites for hydroxylation is 1. The second-order valence-electron chi connectivity index (χ2n) is 4.20. The molecule has 19 heavy (non-hydrogen) atoms. The molecule has 0 aliphatic carbocycles. The lowest BCUT2D eigenvalue weighted by atomic mass is 10.2. The third-order valence-corrected chi connectivity index (χ3v) is 2.89. The van der Waals surface area contributed by atoms with Gasteiger partial charge in [0.25, 0.3) is 0 Å². The zero-order valence-corrected chi connectivity index (χ0v) is 11.4. The van der Waals surface area contributed by atoms with Crippen molar-refractivity contribution in [3.63, 3.8) is 0 Å². The van der Waals surface area contributed by atoms with E-state index in [1.54, 1.807) is 6.07 Å². The molecule has 0 aliphatic rings. The minimum Gasteiger partial charge on any atom is -0.491 e. The van der Waals surface area contributed by atoms with Gasteiger partial charge in [0.2, 0.25) is 0 Å². The van der Waals surface area contributed by atoms with Crippen molar-refractivity contribution < 1.29 is 9.13 Å². The van der Waals surface area contributed by atoms with Crippen LogP contribution in [0.15, 0.2) is 42.5 Å². The highest BCUT2D eigenvalue weighted by Crippen LogP contribution is 2.18. The molecule has 0 bridgehead atoms. The first-order valence-electron chi connectivity index (χ1n) is 6.03. The van der Waals surface area contributed by atoms with Crippen molar-refractivity contribution in [3.05, 3.63) is 58.9 Å². The van der Waals surface area contributed by atoms with Crippen LogP contribution in [0.2, 0.25) is 5.02 Å². The van der Waals surface area contributed by atoms with E-state index in [1.807, 2.05) is 31.2 Å². The Balaban J connectivity index is 1.81. The minimum absolute atomic E-state index is 0.248. The summed E-state index contributed by atoms with van der Waals surface area (Å²) < 4.78 is 18.5. The van der Waals surface area contributed by atoms with E-state index in [1.165, 1.54) is 12.1 Å². The molecule has 0 saturated carbocycles. The number of benzene rings is 2. The standard InChI is InChI=1S/C15H15ClFNO/c1-11-9-13(17)5-6-15(11)19-8-7-18-14-4-2-3-12(16)10-14/h2-6,9-10,18H,7-8H2,1H3. The summed E-state index contributed by atoms with van der Waals surface area (Å²) in [4.78, 5) is 0. The quantitative estimate of drug-likeness (QED) is 0.825. The Morgan fingerprint density at radius 1 is 1.21 bits per heavy atom. The zero-order valence-electron chi connectivity index (χ0n) is 10.6. The monoisotopic (exact) mass is 279 g/mol. The molecule has 0 aliphatic heterocycles. The van der Waals surface area contributed by atoms with Crippen molar-refractivity contribution in [2.24, 2.45) is 0 Å². The van der Waals surface area contributed by atoms with Gasteiger partial charge in [-0.15, -0.1) is 0 Å². The van der Waals surface area contributed by atoms with Crippen LogP contribution in [-0.2, 0) is 0 Å². The van der Waals surface area contributed by atoms with Crippen LogP contribution in [0.3, 0.4) is 0 Å². The van der Waals surface area contributed by atoms with Gasteiger partial charge in [0, 0.05) is 17.3 Å². The van der Waals surface area contributed by atoms with Gasteiger partial charge in [-0.3, -0.25) is 0 Å². The number of anilines is 1. The molecule has 0 unspecified atom stereocenters. The molecule has 0 spiro atoms. The Kier molecular flexibility index (Phi) is 4.63. The van der Waals surface area contributed by atoms with E-state index in [-0.39, 0.29) is 5.82 Å². The molecule has 2 aromatic carbocycles. The van der Waals surface area contributed by atoms with Gasteiger partial charge in [-0.2, -0.15) is 0 Å². The largest absolute Gasteiger partial charge is 0.491 e. The predicted molar refractivity (Wildman–Crippen MR) is 76.6 cm³/mol. The molecular weight excluding hydrogens is 265 g/mol. The molecule has 1 N–H and O–H groups in total. The van der Waals surface area contributed by atoms with E-state index in [9.17, 15) is 4.39 Å². The van der Waals surface area contributed by atoms with E-state index in [2.05, 4.69) is 5.32 Å². The third kappa shape index (κ3) is 4.14. The molecule has 0 atom stereocenters. The van der Waals surface area contributed by atoms with Gasteiger partial charge in [-0.05, 0) is 48.9 Å². The van der Waals surface area contributed by atoms with Crippen LogP contribution in [0.4, 0.5) is 10.1 Å². The Labute approximate surface area is 117 Å². The first kappa shape index (κ1) is 13.7. The second kappa shape index (κ2) is 6.43. The molecule has 4 heteroatoms. The molecule has 0 saturated heterocycles. The highest BCUT2D eigenvalue weighted by atomic mass is 35.5. The summed E-state index contributed by atoms with van der Waals surface area (Å²) >= 11 is 5.88. The maximum Gasteiger partial charge on any atom is 0.123 e. The van der Waals surface area contributed by atoms with Crippen LogP contribution in [0.5, 0.6) is 5.75 Å². The average molecular weight is 280 g/mol. The van der Waals surface area contributed by atoms with Gasteiger partial charge in [0.05, 0.1) is 0 Å². The SMILES string of the molecule is Cc1cc(F)ccc1OCCNc1cccc(Cl)c1. The molecule has 0 fully saturated rings. The molecule has 100 valence electrons. The number of nitrogens with one attached hydrogen (secondary N) is 1. The van der Waals surface area contributed by atoms with Crippen LogP contribution >= 0.6 is 11.6 Å². The lowest BCUT2D eigenvalue weighted by molar-refractivity contribution is 0.330. The Morgan fingerprint density at radius 3 is 2.79 bits per heavy atom. The Morgan fingerprint density at radius 2 is 2.05 bits per heavy atom. The van der Waals surface area contributed by atoms with E-state index >= 15 is 0 Å². The fourth-order valence-electron chi connectivity index (χ4n) is 1.73. The molecule has 2 aromatic rings. The zero-order chi connectivity index (χ0) is 13.7. The second-order valence-corrected chi connectivity index (χ2v) is 4.63. The number of hydrogen-bond acceptors (Lipinski definition) is 2. The summed E-state index contributed by atoms with van der Waals surface area (Å²) in [5.41, 5.74) is 1.75. The van der Waals surface area contributed by atoms with Crippen molar-refractivity contribution in [1.82, 2.24) is 0 Å². The van der Waals surface area contributed by atoms with Crippen molar-refractivity contribution >= 4 is 17.3 Å². The number of hydrogen-bond donors (Lipinski definition) is 1. The molecule has 0 radical (unpaired) electrons. The number of ether oxygens (including phenoxy) is 1. The fraction of sp³-hybridized carbons (Fsp3) is 0.200. The van der Waals surface area contributed by atoms with Gasteiger partial charge in [0.15, 0.2) is 0 Å². The Bertz CT molecular complexity index is 560. The van der Waals surface area contributed by atoms with Crippen molar-refractivity contribution in [2.45, 2.75) is 6.92 Å². The van der Waals surface area contributed by atoms with E-state index < -0.39 is 0 Å². The summed E-state index contributed by atoms with van der Waals surface area (Å²) in [6.07, 6.45) is 0. The van der Waals surface area contributed by atoms with E-state index in [4.69, 9.17) is 16.3 Å². The summed E-state index contributed by atoms with van der Waals surface area (Å²) in [5, 5.41) is 3.90. The highest BCUT2D eigenvalue weighted by Gasteiger charge is 2.00. The molecule has 0 amide bonds. The molecule has 0 aromatic heterocycles. The maximum absolute atomic E-state index is 12.9. The summed E-state index contributed by atoms with van der Waals surface area (Å²) in [6.45, 7) is 2.97. The average Bonchev–Trinajstić information content (AvgIpc) is 2.37. The first-order chi connectivity index (χ1) is 9.15. The fourth-order valence-corrected chi connectivity index (χ4v) is 1.92. The van der Waals surface area contributed by atoms with E-state index in [0.29, 0.717) is 23.9 Å². The molecule has 2 rings (SSSR count). The van der Waals surface area contributed by atoms with Gasteiger partial charge >= 0.3 is 0 Å². The highest BCUT2D eigenvalue weighted by molar-refractivity contribution is 6.30. The number of rotatable bonds is 5. The Hall–Kier alpha value is -1.74. The molecule has 0 heterocycles. The van der Waals surface area contributed by atoms with Crippen LogP contribution in [0.25, 0.3) is 0 Å². The molecular formula is C15H15ClFNO. The topological polar surface area (TPSA) is 21.3 Å². The lowest BCUT2D eigenvalue weighted by Gasteiger charge is -2.10. The van der Waals surface area contributed by atoms with Gasteiger partial charge < -0.3 is 10.1 Å². The predicted octanol–water partition coefficient (Wildman–Crippen LogP) is 4.28. The van der Waals surface area contributed by atoms with Crippen LogP contribution in [-0.4, -0.2) is 13.2 Å². The van der Waals surface area contributed by atoms with E-state index in [0.717, 1.165) is 11.3 Å². The van der Waals surface area contributed by atoms with Crippen LogP contribution in [0, 0.1) is 12.7 Å². The van der Waals surface area contributed by atoms with Crippen molar-refractivity contribution in [3.8, 4) is 5.75 Å². The summed E-state index contributed by atoms with van der Waals surface area (Å²) in [5.74, 6) is 0.455. The lowest BCUT2D eigenvalue weighted by Crippen LogP contribution is -2.11. The minimum atomic E-state index is -0.248. The number of halogens is 2. The maximum atomic E-state index is 12.9. The smallest absolute Gasteiger partial charge is 0.123 e. The third-order valence-electron chi connectivity index (χ3n) is 2.65. The normalized spacial score (nSPS) is 10.3. The van der Waals surface area contributed by atoms with Gasteiger partial charge in [-0.25, -0.2) is 4.39 Å². The van der Waals surface area contributed by atoms with Crippen molar-refractivity contribution in [2.75, 3.05) is 18.5 Å². The van der Waals surface area contributed by atoms with Crippen LogP contribution < -0.4 is 10.1 Å². The summed E-state index contributed by atoms with van der Waals surface area (Å²) in [7, 11) is 0. The molecule has 2 nitrogen and oxygen atoms in total. The summed E-state index contributed by atoms with van der Waals surface area (Å²) in [6, 6.07) is 12.0.